The van der Waals surface area contributed by atoms with Crippen molar-refractivity contribution in [3.8, 4) is 0 Å². The van der Waals surface area contributed by atoms with Gasteiger partial charge in [-0.3, -0.25) is 14.6 Å². The molecule has 0 aliphatic heterocycles. The van der Waals surface area contributed by atoms with E-state index in [0.717, 1.165) is 24.3 Å². The standard InChI is InChI=1S/C15H12F3N3O2/c16-15(17,18)10-4-6-11(7-5-10)21-14(23)13(22)20-9-12-3-1-2-8-19-12/h1-8H,9H2,(H,20,22)(H,21,23). The molecule has 2 aromatic rings. The number of hydrogen-bond acceptors (Lipinski definition) is 3. The van der Waals surface area contributed by atoms with Gasteiger partial charge in [0.2, 0.25) is 0 Å². The van der Waals surface area contributed by atoms with Crippen molar-refractivity contribution in [3.63, 3.8) is 0 Å². The second-order valence-electron chi connectivity index (χ2n) is 4.53. The third-order valence-electron chi connectivity index (χ3n) is 2.83. The Balaban J connectivity index is 1.89. The first-order valence-corrected chi connectivity index (χ1v) is 6.52. The van der Waals surface area contributed by atoms with E-state index in [4.69, 9.17) is 0 Å². The van der Waals surface area contributed by atoms with Crippen molar-refractivity contribution < 1.29 is 22.8 Å². The lowest BCUT2D eigenvalue weighted by molar-refractivity contribution is -0.137. The second-order valence-corrected chi connectivity index (χ2v) is 4.53. The highest BCUT2D eigenvalue weighted by atomic mass is 19.4. The summed E-state index contributed by atoms with van der Waals surface area (Å²) >= 11 is 0. The molecule has 0 saturated heterocycles. The number of nitrogens with zero attached hydrogens (tertiary/aromatic N) is 1. The van der Waals surface area contributed by atoms with E-state index in [0.29, 0.717) is 5.69 Å². The van der Waals surface area contributed by atoms with Crippen LogP contribution in [0.4, 0.5) is 18.9 Å². The van der Waals surface area contributed by atoms with Crippen molar-refractivity contribution in [1.82, 2.24) is 10.3 Å². The van der Waals surface area contributed by atoms with Crippen molar-refractivity contribution in [1.29, 1.82) is 0 Å². The second kappa shape index (κ2) is 6.91. The molecule has 0 aliphatic rings. The summed E-state index contributed by atoms with van der Waals surface area (Å²) < 4.78 is 37.2. The number of hydrogen-bond donors (Lipinski definition) is 2. The van der Waals surface area contributed by atoms with E-state index in [1.165, 1.54) is 0 Å². The summed E-state index contributed by atoms with van der Waals surface area (Å²) in [5.74, 6) is -1.88. The fraction of sp³-hybridized carbons (Fsp3) is 0.133. The van der Waals surface area contributed by atoms with E-state index < -0.39 is 23.6 Å². The number of carbonyl (C=O) groups excluding carboxylic acids is 2. The fourth-order valence-electron chi connectivity index (χ4n) is 1.68. The number of carbonyl (C=O) groups is 2. The number of pyridine rings is 1. The third kappa shape index (κ3) is 4.80. The predicted molar refractivity (Wildman–Crippen MR) is 76.2 cm³/mol. The van der Waals surface area contributed by atoms with Crippen LogP contribution in [0.2, 0.25) is 0 Å². The van der Waals surface area contributed by atoms with Crippen molar-refractivity contribution >= 4 is 17.5 Å². The molecule has 2 rings (SSSR count). The molecule has 0 aliphatic carbocycles. The maximum Gasteiger partial charge on any atom is 0.416 e. The maximum atomic E-state index is 12.4. The third-order valence-corrected chi connectivity index (χ3v) is 2.83. The van der Waals surface area contributed by atoms with E-state index in [-0.39, 0.29) is 12.2 Å². The lowest BCUT2D eigenvalue weighted by atomic mass is 10.2. The largest absolute Gasteiger partial charge is 0.416 e. The Bertz CT molecular complexity index is 685. The zero-order chi connectivity index (χ0) is 16.9. The van der Waals surface area contributed by atoms with Crippen molar-refractivity contribution in [2.24, 2.45) is 0 Å². The van der Waals surface area contributed by atoms with Gasteiger partial charge >= 0.3 is 18.0 Å². The van der Waals surface area contributed by atoms with Crippen LogP contribution in [-0.4, -0.2) is 16.8 Å². The van der Waals surface area contributed by atoms with Gasteiger partial charge in [-0.05, 0) is 36.4 Å². The van der Waals surface area contributed by atoms with Gasteiger partial charge in [0, 0.05) is 11.9 Å². The van der Waals surface area contributed by atoms with Crippen LogP contribution in [-0.2, 0) is 22.3 Å². The number of aromatic nitrogens is 1. The molecular weight excluding hydrogens is 311 g/mol. The highest BCUT2D eigenvalue weighted by molar-refractivity contribution is 6.39. The molecular formula is C15H12F3N3O2. The molecule has 1 aromatic carbocycles. The minimum Gasteiger partial charge on any atom is -0.342 e. The molecule has 0 saturated carbocycles. The van der Waals surface area contributed by atoms with E-state index in [9.17, 15) is 22.8 Å². The van der Waals surface area contributed by atoms with E-state index in [1.54, 1.807) is 24.4 Å². The molecule has 120 valence electrons. The Labute approximate surface area is 129 Å². The summed E-state index contributed by atoms with van der Waals surface area (Å²) in [5, 5.41) is 4.58. The van der Waals surface area contributed by atoms with Gasteiger partial charge < -0.3 is 10.6 Å². The summed E-state index contributed by atoms with van der Waals surface area (Å²) in [7, 11) is 0. The summed E-state index contributed by atoms with van der Waals surface area (Å²) in [5.41, 5.74) is -0.172. The number of amides is 2. The topological polar surface area (TPSA) is 71.1 Å². The van der Waals surface area contributed by atoms with Crippen molar-refractivity contribution in [3.05, 3.63) is 59.9 Å². The van der Waals surface area contributed by atoms with Gasteiger partial charge in [0.25, 0.3) is 0 Å². The summed E-state index contributed by atoms with van der Waals surface area (Å²) in [6, 6.07) is 8.91. The smallest absolute Gasteiger partial charge is 0.342 e. The average Bonchev–Trinajstić information content (AvgIpc) is 2.53. The van der Waals surface area contributed by atoms with E-state index >= 15 is 0 Å². The Kier molecular flexibility index (Phi) is 4.95. The summed E-state index contributed by atoms with van der Waals surface area (Å²) in [6.45, 7) is 0.0695. The molecule has 0 radical (unpaired) electrons. The number of halogens is 3. The molecule has 0 fully saturated rings. The lowest BCUT2D eigenvalue weighted by Gasteiger charge is -2.09. The van der Waals surface area contributed by atoms with Gasteiger partial charge in [-0.2, -0.15) is 13.2 Å². The quantitative estimate of drug-likeness (QED) is 0.852. The van der Waals surface area contributed by atoms with Crippen LogP contribution in [0.5, 0.6) is 0 Å². The fourth-order valence-corrected chi connectivity index (χ4v) is 1.68. The van der Waals surface area contributed by atoms with Crippen LogP contribution in [0.3, 0.4) is 0 Å². The Morgan fingerprint density at radius 2 is 1.70 bits per heavy atom. The van der Waals surface area contributed by atoms with Crippen molar-refractivity contribution in [2.45, 2.75) is 12.7 Å². The first-order chi connectivity index (χ1) is 10.9. The zero-order valence-electron chi connectivity index (χ0n) is 11.7. The molecule has 0 unspecified atom stereocenters. The molecule has 1 aromatic heterocycles. The van der Waals surface area contributed by atoms with Crippen LogP contribution >= 0.6 is 0 Å². The normalized spacial score (nSPS) is 10.9. The number of anilines is 1. The molecule has 0 atom stereocenters. The Morgan fingerprint density at radius 1 is 1.00 bits per heavy atom. The van der Waals surface area contributed by atoms with Gasteiger partial charge in [0.05, 0.1) is 17.8 Å². The molecule has 2 N–H and O–H groups in total. The van der Waals surface area contributed by atoms with Crippen LogP contribution in [0.1, 0.15) is 11.3 Å². The number of nitrogens with one attached hydrogen (secondary N) is 2. The molecule has 0 bridgehead atoms. The van der Waals surface area contributed by atoms with Gasteiger partial charge in [-0.25, -0.2) is 0 Å². The minimum absolute atomic E-state index is 0.0695. The first kappa shape index (κ1) is 16.5. The first-order valence-electron chi connectivity index (χ1n) is 6.52. The molecule has 5 nitrogen and oxygen atoms in total. The Morgan fingerprint density at radius 3 is 2.26 bits per heavy atom. The SMILES string of the molecule is O=C(NCc1ccccn1)C(=O)Nc1ccc(C(F)(F)F)cc1. The summed E-state index contributed by atoms with van der Waals surface area (Å²) in [6.07, 6.45) is -2.91. The zero-order valence-corrected chi connectivity index (χ0v) is 11.7. The van der Waals surface area contributed by atoms with Gasteiger partial charge in [-0.1, -0.05) is 6.07 Å². The highest BCUT2D eigenvalue weighted by Crippen LogP contribution is 2.29. The number of rotatable bonds is 3. The predicted octanol–water partition coefficient (Wildman–Crippen LogP) is 2.36. The van der Waals surface area contributed by atoms with Crippen LogP contribution in [0, 0.1) is 0 Å². The lowest BCUT2D eigenvalue weighted by Crippen LogP contribution is -2.35. The molecule has 0 spiro atoms. The maximum absolute atomic E-state index is 12.4. The Hall–Kier alpha value is -2.90. The van der Waals surface area contributed by atoms with Crippen LogP contribution in [0.25, 0.3) is 0 Å². The summed E-state index contributed by atoms with van der Waals surface area (Å²) in [4.78, 5) is 27.2. The van der Waals surface area contributed by atoms with Crippen LogP contribution in [0.15, 0.2) is 48.7 Å². The monoisotopic (exact) mass is 323 g/mol. The van der Waals surface area contributed by atoms with Gasteiger partial charge in [-0.15, -0.1) is 0 Å². The minimum atomic E-state index is -4.46. The van der Waals surface area contributed by atoms with E-state index in [1.807, 2.05) is 0 Å². The molecule has 2 amide bonds. The molecule has 23 heavy (non-hydrogen) atoms. The van der Waals surface area contributed by atoms with Gasteiger partial charge in [0.15, 0.2) is 0 Å². The van der Waals surface area contributed by atoms with Crippen molar-refractivity contribution in [2.75, 3.05) is 5.32 Å². The van der Waals surface area contributed by atoms with Gasteiger partial charge in [0.1, 0.15) is 0 Å². The van der Waals surface area contributed by atoms with Crippen LogP contribution < -0.4 is 10.6 Å². The number of alkyl halides is 3. The average molecular weight is 323 g/mol. The van der Waals surface area contributed by atoms with E-state index in [2.05, 4.69) is 15.6 Å². The highest BCUT2D eigenvalue weighted by Gasteiger charge is 2.30. The number of benzene rings is 1. The molecule has 1 heterocycles. The molecule has 8 heteroatoms.